The van der Waals surface area contributed by atoms with E-state index in [9.17, 15) is 4.79 Å². The maximum absolute atomic E-state index is 12.1. The molecule has 0 aliphatic rings. The zero-order valence-electron chi connectivity index (χ0n) is 12.3. The fourth-order valence-electron chi connectivity index (χ4n) is 2.18. The number of halogens is 1. The van der Waals surface area contributed by atoms with E-state index in [4.69, 9.17) is 11.6 Å². The molecule has 0 aliphatic heterocycles. The molecule has 1 N–H and O–H groups in total. The SMILES string of the molecule is CCCC(C)NC(=O)c1cnn(Cc2ccccc2Cl)c1. The minimum atomic E-state index is -0.0821. The molecule has 0 radical (unpaired) electrons. The summed E-state index contributed by atoms with van der Waals surface area (Å²) in [4.78, 5) is 12.1. The van der Waals surface area contributed by atoms with Gasteiger partial charge in [0.25, 0.3) is 5.91 Å². The third-order valence-corrected chi connectivity index (χ3v) is 3.65. The second kappa shape index (κ2) is 7.27. The van der Waals surface area contributed by atoms with Gasteiger partial charge in [0.05, 0.1) is 18.3 Å². The van der Waals surface area contributed by atoms with E-state index in [-0.39, 0.29) is 11.9 Å². The lowest BCUT2D eigenvalue weighted by Gasteiger charge is -2.11. The Morgan fingerprint density at radius 2 is 2.19 bits per heavy atom. The Kier molecular flexibility index (Phi) is 5.39. The number of hydrogen-bond acceptors (Lipinski definition) is 2. The van der Waals surface area contributed by atoms with Gasteiger partial charge < -0.3 is 5.32 Å². The van der Waals surface area contributed by atoms with Gasteiger partial charge in [0.2, 0.25) is 0 Å². The zero-order chi connectivity index (χ0) is 15.2. The highest BCUT2D eigenvalue weighted by molar-refractivity contribution is 6.31. The Balaban J connectivity index is 2.01. The Morgan fingerprint density at radius 3 is 2.90 bits per heavy atom. The molecule has 0 saturated heterocycles. The summed E-state index contributed by atoms with van der Waals surface area (Å²) in [5, 5.41) is 7.90. The largest absolute Gasteiger partial charge is 0.349 e. The van der Waals surface area contributed by atoms with Gasteiger partial charge >= 0.3 is 0 Å². The Labute approximate surface area is 130 Å². The van der Waals surface area contributed by atoms with Crippen LogP contribution < -0.4 is 5.32 Å². The molecule has 0 aliphatic carbocycles. The molecule has 1 unspecified atom stereocenters. The van der Waals surface area contributed by atoms with Crippen molar-refractivity contribution in [2.45, 2.75) is 39.3 Å². The highest BCUT2D eigenvalue weighted by atomic mass is 35.5. The first kappa shape index (κ1) is 15.6. The van der Waals surface area contributed by atoms with Gasteiger partial charge in [-0.15, -0.1) is 0 Å². The lowest BCUT2D eigenvalue weighted by molar-refractivity contribution is 0.0938. The van der Waals surface area contributed by atoms with Crippen molar-refractivity contribution in [1.29, 1.82) is 0 Å². The summed E-state index contributed by atoms with van der Waals surface area (Å²) in [6, 6.07) is 7.80. The summed E-state index contributed by atoms with van der Waals surface area (Å²) in [5.74, 6) is -0.0821. The van der Waals surface area contributed by atoms with Crippen LogP contribution in [-0.2, 0) is 6.54 Å². The van der Waals surface area contributed by atoms with Crippen LogP contribution in [0.1, 0.15) is 42.6 Å². The van der Waals surface area contributed by atoms with E-state index in [1.807, 2.05) is 31.2 Å². The minimum absolute atomic E-state index is 0.0821. The smallest absolute Gasteiger partial charge is 0.254 e. The predicted molar refractivity (Wildman–Crippen MR) is 84.6 cm³/mol. The van der Waals surface area contributed by atoms with E-state index in [1.165, 1.54) is 0 Å². The first-order chi connectivity index (χ1) is 10.1. The molecule has 1 aromatic carbocycles. The van der Waals surface area contributed by atoms with Crippen molar-refractivity contribution in [2.24, 2.45) is 0 Å². The zero-order valence-corrected chi connectivity index (χ0v) is 13.1. The molecule has 21 heavy (non-hydrogen) atoms. The molecule has 2 rings (SSSR count). The van der Waals surface area contributed by atoms with Crippen LogP contribution in [-0.4, -0.2) is 21.7 Å². The highest BCUT2D eigenvalue weighted by Gasteiger charge is 2.11. The molecule has 1 amide bonds. The molecular weight excluding hydrogens is 286 g/mol. The van der Waals surface area contributed by atoms with Crippen LogP contribution in [0.2, 0.25) is 5.02 Å². The standard InChI is InChI=1S/C16H20ClN3O/c1-3-6-12(2)19-16(21)14-9-18-20(11-14)10-13-7-4-5-8-15(13)17/h4-5,7-9,11-12H,3,6,10H2,1-2H3,(H,19,21). The first-order valence-corrected chi connectivity index (χ1v) is 7.54. The van der Waals surface area contributed by atoms with E-state index in [1.54, 1.807) is 17.1 Å². The highest BCUT2D eigenvalue weighted by Crippen LogP contribution is 2.16. The quantitative estimate of drug-likeness (QED) is 0.888. The number of nitrogens with one attached hydrogen (secondary N) is 1. The van der Waals surface area contributed by atoms with Crippen LogP contribution in [0.25, 0.3) is 0 Å². The van der Waals surface area contributed by atoms with E-state index < -0.39 is 0 Å². The Morgan fingerprint density at radius 1 is 1.43 bits per heavy atom. The second-order valence-electron chi connectivity index (χ2n) is 5.18. The molecule has 0 fully saturated rings. The van der Waals surface area contributed by atoms with Gasteiger partial charge in [0.1, 0.15) is 0 Å². The average Bonchev–Trinajstić information content (AvgIpc) is 2.90. The van der Waals surface area contributed by atoms with Gasteiger partial charge in [-0.3, -0.25) is 9.48 Å². The number of carbonyl (C=O) groups is 1. The topological polar surface area (TPSA) is 46.9 Å². The molecule has 1 atom stereocenters. The fraction of sp³-hybridized carbons (Fsp3) is 0.375. The number of nitrogens with zero attached hydrogens (tertiary/aromatic N) is 2. The number of rotatable bonds is 6. The van der Waals surface area contributed by atoms with Crippen molar-refractivity contribution < 1.29 is 4.79 Å². The lowest BCUT2D eigenvalue weighted by Crippen LogP contribution is -2.32. The van der Waals surface area contributed by atoms with Crippen molar-refractivity contribution in [3.63, 3.8) is 0 Å². The molecule has 5 heteroatoms. The van der Waals surface area contributed by atoms with E-state index in [0.29, 0.717) is 17.1 Å². The number of benzene rings is 1. The van der Waals surface area contributed by atoms with Gasteiger partial charge in [0.15, 0.2) is 0 Å². The molecule has 112 valence electrons. The van der Waals surface area contributed by atoms with Gasteiger partial charge in [-0.25, -0.2) is 0 Å². The number of aromatic nitrogens is 2. The molecule has 1 heterocycles. The van der Waals surface area contributed by atoms with E-state index >= 15 is 0 Å². The van der Waals surface area contributed by atoms with E-state index in [0.717, 1.165) is 18.4 Å². The van der Waals surface area contributed by atoms with Gasteiger partial charge in [-0.1, -0.05) is 43.1 Å². The van der Waals surface area contributed by atoms with Crippen molar-refractivity contribution in [1.82, 2.24) is 15.1 Å². The summed E-state index contributed by atoms with van der Waals surface area (Å²) in [6.07, 6.45) is 5.36. The monoisotopic (exact) mass is 305 g/mol. The molecular formula is C16H20ClN3O. The van der Waals surface area contributed by atoms with Crippen LogP contribution in [0.3, 0.4) is 0 Å². The van der Waals surface area contributed by atoms with E-state index in [2.05, 4.69) is 17.3 Å². The molecule has 0 spiro atoms. The van der Waals surface area contributed by atoms with Crippen LogP contribution in [0, 0.1) is 0 Å². The number of amides is 1. The summed E-state index contributed by atoms with van der Waals surface area (Å²) in [5.41, 5.74) is 1.55. The van der Waals surface area contributed by atoms with Gasteiger partial charge in [-0.2, -0.15) is 5.10 Å². The Hall–Kier alpha value is -1.81. The third-order valence-electron chi connectivity index (χ3n) is 3.28. The third kappa shape index (κ3) is 4.33. The van der Waals surface area contributed by atoms with Crippen LogP contribution in [0.4, 0.5) is 0 Å². The van der Waals surface area contributed by atoms with Crippen molar-refractivity contribution in [3.05, 3.63) is 52.8 Å². The Bertz CT molecular complexity index is 609. The summed E-state index contributed by atoms with van der Waals surface area (Å²) < 4.78 is 1.72. The molecule has 0 bridgehead atoms. The molecule has 2 aromatic rings. The van der Waals surface area contributed by atoms with Crippen LogP contribution in [0.15, 0.2) is 36.7 Å². The van der Waals surface area contributed by atoms with Crippen LogP contribution >= 0.6 is 11.6 Å². The minimum Gasteiger partial charge on any atom is -0.349 e. The number of hydrogen-bond donors (Lipinski definition) is 1. The lowest BCUT2D eigenvalue weighted by atomic mass is 10.2. The maximum Gasteiger partial charge on any atom is 0.254 e. The van der Waals surface area contributed by atoms with Crippen molar-refractivity contribution in [3.8, 4) is 0 Å². The second-order valence-corrected chi connectivity index (χ2v) is 5.59. The molecule has 0 saturated carbocycles. The first-order valence-electron chi connectivity index (χ1n) is 7.17. The normalized spacial score (nSPS) is 12.1. The van der Waals surface area contributed by atoms with Crippen molar-refractivity contribution in [2.75, 3.05) is 0 Å². The predicted octanol–water partition coefficient (Wildman–Crippen LogP) is 3.50. The summed E-state index contributed by atoms with van der Waals surface area (Å²) >= 11 is 6.13. The summed E-state index contributed by atoms with van der Waals surface area (Å²) in [7, 11) is 0. The number of carbonyl (C=O) groups excluding carboxylic acids is 1. The molecule has 1 aromatic heterocycles. The van der Waals surface area contributed by atoms with Gasteiger partial charge in [0, 0.05) is 17.3 Å². The summed E-state index contributed by atoms with van der Waals surface area (Å²) in [6.45, 7) is 4.66. The van der Waals surface area contributed by atoms with Crippen molar-refractivity contribution >= 4 is 17.5 Å². The fourth-order valence-corrected chi connectivity index (χ4v) is 2.38. The van der Waals surface area contributed by atoms with Gasteiger partial charge in [-0.05, 0) is 25.0 Å². The maximum atomic E-state index is 12.1. The molecule has 4 nitrogen and oxygen atoms in total. The average molecular weight is 306 g/mol. The van der Waals surface area contributed by atoms with Crippen LogP contribution in [0.5, 0.6) is 0 Å².